The van der Waals surface area contributed by atoms with E-state index in [4.69, 9.17) is 0 Å². The second-order valence-electron chi connectivity index (χ2n) is 4.00. The van der Waals surface area contributed by atoms with Crippen LogP contribution >= 0.6 is 0 Å². The Morgan fingerprint density at radius 2 is 1.74 bits per heavy atom. The van der Waals surface area contributed by atoms with Gasteiger partial charge in [0.15, 0.2) is 0 Å². The summed E-state index contributed by atoms with van der Waals surface area (Å²) in [6, 6.07) is 8.79. The van der Waals surface area contributed by atoms with Crippen LogP contribution in [0.4, 0.5) is 14.5 Å². The average molecular weight is 283 g/mol. The van der Waals surface area contributed by atoms with Crippen molar-refractivity contribution in [2.45, 2.75) is 11.8 Å². The molecule has 0 spiro atoms. The van der Waals surface area contributed by atoms with E-state index in [1.165, 1.54) is 31.2 Å². The predicted octanol–water partition coefficient (Wildman–Crippen LogP) is 3.07. The maximum atomic E-state index is 13.4. The molecule has 0 aliphatic heterocycles. The number of benzene rings is 2. The summed E-state index contributed by atoms with van der Waals surface area (Å²) in [5.41, 5.74) is 0.205. The average Bonchev–Trinajstić information content (AvgIpc) is 2.35. The lowest BCUT2D eigenvalue weighted by Gasteiger charge is -2.10. The normalized spacial score (nSPS) is 11.3. The van der Waals surface area contributed by atoms with Gasteiger partial charge in [-0.05, 0) is 36.8 Å². The van der Waals surface area contributed by atoms with E-state index >= 15 is 0 Å². The molecule has 100 valence electrons. The van der Waals surface area contributed by atoms with Gasteiger partial charge >= 0.3 is 0 Å². The number of hydrogen-bond donors (Lipinski definition) is 1. The third-order valence-corrected chi connectivity index (χ3v) is 4.07. The van der Waals surface area contributed by atoms with Gasteiger partial charge in [0.05, 0.1) is 10.6 Å². The Balaban J connectivity index is 2.44. The van der Waals surface area contributed by atoms with Gasteiger partial charge in [-0.3, -0.25) is 4.72 Å². The fourth-order valence-electron chi connectivity index (χ4n) is 1.61. The van der Waals surface area contributed by atoms with Crippen LogP contribution in [0, 0.1) is 18.6 Å². The van der Waals surface area contributed by atoms with Gasteiger partial charge < -0.3 is 0 Å². The highest BCUT2D eigenvalue weighted by Crippen LogP contribution is 2.21. The molecule has 0 amide bonds. The summed E-state index contributed by atoms with van der Waals surface area (Å²) in [7, 11) is -4.02. The minimum Gasteiger partial charge on any atom is -0.277 e. The van der Waals surface area contributed by atoms with Gasteiger partial charge in [-0.15, -0.1) is 0 Å². The molecule has 0 aromatic heterocycles. The van der Waals surface area contributed by atoms with Crippen LogP contribution in [-0.2, 0) is 10.0 Å². The van der Waals surface area contributed by atoms with Crippen LogP contribution in [0.5, 0.6) is 0 Å². The Hall–Kier alpha value is -1.95. The minimum absolute atomic E-state index is 0.175. The van der Waals surface area contributed by atoms with Crippen molar-refractivity contribution in [3.63, 3.8) is 0 Å². The summed E-state index contributed by atoms with van der Waals surface area (Å²) in [5, 5.41) is 0. The highest BCUT2D eigenvalue weighted by atomic mass is 32.2. The topological polar surface area (TPSA) is 46.2 Å². The molecule has 0 bridgehead atoms. The van der Waals surface area contributed by atoms with E-state index in [1.807, 2.05) is 0 Å². The van der Waals surface area contributed by atoms with Crippen molar-refractivity contribution < 1.29 is 17.2 Å². The second kappa shape index (κ2) is 4.97. The first-order valence-corrected chi connectivity index (χ1v) is 6.92. The van der Waals surface area contributed by atoms with Gasteiger partial charge in [0.1, 0.15) is 11.6 Å². The third kappa shape index (κ3) is 2.90. The monoisotopic (exact) mass is 283 g/mol. The molecule has 2 aromatic rings. The lowest BCUT2D eigenvalue weighted by Crippen LogP contribution is -2.15. The van der Waals surface area contributed by atoms with Crippen molar-refractivity contribution >= 4 is 15.7 Å². The molecule has 0 aliphatic rings. The maximum absolute atomic E-state index is 13.4. The van der Waals surface area contributed by atoms with Crippen molar-refractivity contribution in [1.82, 2.24) is 0 Å². The fourth-order valence-corrected chi connectivity index (χ4v) is 2.93. The van der Waals surface area contributed by atoms with E-state index < -0.39 is 21.7 Å². The quantitative estimate of drug-likeness (QED) is 0.941. The zero-order valence-corrected chi connectivity index (χ0v) is 10.8. The Bertz CT molecular complexity index is 714. The van der Waals surface area contributed by atoms with E-state index in [1.54, 1.807) is 0 Å². The predicted molar refractivity (Wildman–Crippen MR) is 68.3 cm³/mol. The van der Waals surface area contributed by atoms with E-state index in [2.05, 4.69) is 4.72 Å². The van der Waals surface area contributed by atoms with Crippen molar-refractivity contribution in [3.05, 3.63) is 59.7 Å². The molecule has 0 heterocycles. The largest absolute Gasteiger partial charge is 0.277 e. The zero-order chi connectivity index (χ0) is 14.0. The number of para-hydroxylation sites is 1. The molecular formula is C13H11F2NO2S. The molecule has 0 fully saturated rings. The van der Waals surface area contributed by atoms with Gasteiger partial charge in [0.25, 0.3) is 10.0 Å². The summed E-state index contributed by atoms with van der Waals surface area (Å²) in [6.45, 7) is 1.54. The molecule has 0 saturated heterocycles. The fraction of sp³-hybridized carbons (Fsp3) is 0.0769. The molecule has 0 unspecified atom stereocenters. The van der Waals surface area contributed by atoms with Crippen LogP contribution in [0.1, 0.15) is 5.56 Å². The molecule has 1 N–H and O–H groups in total. The molecule has 0 radical (unpaired) electrons. The Morgan fingerprint density at radius 3 is 2.42 bits per heavy atom. The van der Waals surface area contributed by atoms with E-state index in [0.29, 0.717) is 5.56 Å². The SMILES string of the molecule is Cc1ccc(F)cc1S(=O)(=O)Nc1ccccc1F. The van der Waals surface area contributed by atoms with E-state index in [0.717, 1.165) is 18.2 Å². The van der Waals surface area contributed by atoms with E-state index in [-0.39, 0.29) is 10.6 Å². The maximum Gasteiger partial charge on any atom is 0.262 e. The highest BCUT2D eigenvalue weighted by molar-refractivity contribution is 7.92. The first-order valence-electron chi connectivity index (χ1n) is 5.43. The number of halogens is 2. The van der Waals surface area contributed by atoms with Crippen LogP contribution in [0.3, 0.4) is 0 Å². The summed E-state index contributed by atoms with van der Waals surface area (Å²) in [6.07, 6.45) is 0. The number of nitrogens with one attached hydrogen (secondary N) is 1. The van der Waals surface area contributed by atoms with Gasteiger partial charge in [-0.1, -0.05) is 18.2 Å². The molecule has 6 heteroatoms. The first-order chi connectivity index (χ1) is 8.90. The molecule has 0 aliphatic carbocycles. The highest BCUT2D eigenvalue weighted by Gasteiger charge is 2.19. The van der Waals surface area contributed by atoms with Gasteiger partial charge in [0, 0.05) is 0 Å². The summed E-state index contributed by atoms with van der Waals surface area (Å²) in [5.74, 6) is -1.36. The van der Waals surface area contributed by atoms with Crippen molar-refractivity contribution in [2.75, 3.05) is 4.72 Å². The standard InChI is InChI=1S/C13H11F2NO2S/c1-9-6-7-10(14)8-13(9)19(17,18)16-12-5-3-2-4-11(12)15/h2-8,16H,1H3. The molecule has 0 atom stereocenters. The van der Waals surface area contributed by atoms with Gasteiger partial charge in [-0.2, -0.15) is 0 Å². The van der Waals surface area contributed by atoms with Gasteiger partial charge in [-0.25, -0.2) is 17.2 Å². The van der Waals surface area contributed by atoms with Crippen molar-refractivity contribution in [3.8, 4) is 0 Å². The van der Waals surface area contributed by atoms with E-state index in [9.17, 15) is 17.2 Å². The molecular weight excluding hydrogens is 272 g/mol. The van der Waals surface area contributed by atoms with Gasteiger partial charge in [0.2, 0.25) is 0 Å². The second-order valence-corrected chi connectivity index (χ2v) is 5.65. The van der Waals surface area contributed by atoms with Crippen LogP contribution in [0.2, 0.25) is 0 Å². The smallest absolute Gasteiger partial charge is 0.262 e. The third-order valence-electron chi connectivity index (χ3n) is 2.56. The summed E-state index contributed by atoms with van der Waals surface area (Å²) < 4.78 is 52.8. The number of sulfonamides is 1. The van der Waals surface area contributed by atoms with Crippen molar-refractivity contribution in [2.24, 2.45) is 0 Å². The minimum atomic E-state index is -4.02. The molecule has 19 heavy (non-hydrogen) atoms. The van der Waals surface area contributed by atoms with Crippen LogP contribution in [0.25, 0.3) is 0 Å². The Kier molecular flexibility index (Phi) is 3.53. The summed E-state index contributed by atoms with van der Waals surface area (Å²) in [4.78, 5) is -0.212. The number of hydrogen-bond acceptors (Lipinski definition) is 2. The lowest BCUT2D eigenvalue weighted by atomic mass is 10.2. The number of rotatable bonds is 3. The Labute approximate surface area is 109 Å². The summed E-state index contributed by atoms with van der Waals surface area (Å²) >= 11 is 0. The zero-order valence-electron chi connectivity index (χ0n) is 10.0. The molecule has 2 rings (SSSR count). The molecule has 2 aromatic carbocycles. The molecule has 3 nitrogen and oxygen atoms in total. The first kappa shape index (κ1) is 13.5. The van der Waals surface area contributed by atoms with Crippen LogP contribution < -0.4 is 4.72 Å². The molecule has 0 saturated carbocycles. The number of anilines is 1. The number of aryl methyl sites for hydroxylation is 1. The Morgan fingerprint density at radius 1 is 1.05 bits per heavy atom. The lowest BCUT2D eigenvalue weighted by molar-refractivity contribution is 0.592. The van der Waals surface area contributed by atoms with Crippen molar-refractivity contribution in [1.29, 1.82) is 0 Å². The van der Waals surface area contributed by atoms with Crippen LogP contribution in [-0.4, -0.2) is 8.42 Å². The van der Waals surface area contributed by atoms with Crippen LogP contribution in [0.15, 0.2) is 47.4 Å².